The molecule has 0 saturated carbocycles. The Balaban J connectivity index is 2.52. The van der Waals surface area contributed by atoms with Gasteiger partial charge in [0.05, 0.1) is 6.61 Å². The highest BCUT2D eigenvalue weighted by atomic mass is 32.2. The molecule has 1 fully saturated rings. The highest BCUT2D eigenvalue weighted by Crippen LogP contribution is 2.28. The summed E-state index contributed by atoms with van der Waals surface area (Å²) < 4.78 is 39.5. The van der Waals surface area contributed by atoms with E-state index < -0.39 is 27.4 Å². The first kappa shape index (κ1) is 13.9. The van der Waals surface area contributed by atoms with E-state index in [9.17, 15) is 17.9 Å². The normalized spacial score (nSPS) is 20.4. The van der Waals surface area contributed by atoms with Gasteiger partial charge in [0.15, 0.2) is 0 Å². The first-order valence-electron chi connectivity index (χ1n) is 5.83. The largest absolute Gasteiger partial charge is 0.395 e. The van der Waals surface area contributed by atoms with Gasteiger partial charge in [0.1, 0.15) is 22.3 Å². The third-order valence-electron chi connectivity index (χ3n) is 3.21. The number of sulfonamides is 1. The van der Waals surface area contributed by atoms with Gasteiger partial charge in [0, 0.05) is 12.6 Å². The monoisotopic (exact) mass is 284 g/mol. The van der Waals surface area contributed by atoms with Crippen molar-refractivity contribution in [3.8, 4) is 6.07 Å². The van der Waals surface area contributed by atoms with E-state index in [1.165, 1.54) is 12.1 Å². The van der Waals surface area contributed by atoms with Crippen molar-refractivity contribution in [3.05, 3.63) is 29.6 Å². The van der Waals surface area contributed by atoms with Crippen molar-refractivity contribution >= 4 is 10.0 Å². The molecule has 0 amide bonds. The minimum atomic E-state index is -3.95. The van der Waals surface area contributed by atoms with Crippen LogP contribution in [0.4, 0.5) is 4.39 Å². The maximum absolute atomic E-state index is 13.5. The zero-order valence-corrected chi connectivity index (χ0v) is 10.9. The molecule has 0 radical (unpaired) electrons. The van der Waals surface area contributed by atoms with Gasteiger partial charge in [-0.3, -0.25) is 0 Å². The van der Waals surface area contributed by atoms with Crippen molar-refractivity contribution < 1.29 is 17.9 Å². The lowest BCUT2D eigenvalue weighted by atomic mass is 10.2. The zero-order chi connectivity index (χ0) is 14.0. The number of halogens is 1. The molecule has 1 N–H and O–H groups in total. The molecular formula is C12H13FN2O3S. The van der Waals surface area contributed by atoms with E-state index in [-0.39, 0.29) is 18.0 Å². The summed E-state index contributed by atoms with van der Waals surface area (Å²) in [5.74, 6) is -0.858. The van der Waals surface area contributed by atoms with E-state index in [4.69, 9.17) is 5.26 Å². The molecule has 0 spiro atoms. The Morgan fingerprint density at radius 1 is 1.53 bits per heavy atom. The van der Waals surface area contributed by atoms with E-state index >= 15 is 0 Å². The molecule has 1 aromatic rings. The Hall–Kier alpha value is -1.49. The van der Waals surface area contributed by atoms with Gasteiger partial charge in [-0.2, -0.15) is 9.57 Å². The molecule has 1 aliphatic rings. The number of hydrogen-bond donors (Lipinski definition) is 1. The second-order valence-electron chi connectivity index (χ2n) is 4.32. The third kappa shape index (κ3) is 2.34. The molecule has 1 aromatic carbocycles. The fourth-order valence-corrected chi connectivity index (χ4v) is 4.10. The third-order valence-corrected chi connectivity index (χ3v) is 5.20. The first-order valence-corrected chi connectivity index (χ1v) is 7.27. The van der Waals surface area contributed by atoms with Crippen molar-refractivity contribution in [1.82, 2.24) is 4.31 Å². The molecule has 5 nitrogen and oxygen atoms in total. The maximum atomic E-state index is 13.5. The number of aliphatic hydroxyl groups is 1. The van der Waals surface area contributed by atoms with Crippen LogP contribution in [0.3, 0.4) is 0 Å². The molecule has 1 atom stereocenters. The Kier molecular flexibility index (Phi) is 3.85. The minimum Gasteiger partial charge on any atom is -0.395 e. The summed E-state index contributed by atoms with van der Waals surface area (Å²) >= 11 is 0. The lowest BCUT2D eigenvalue weighted by Crippen LogP contribution is -2.38. The van der Waals surface area contributed by atoms with E-state index in [1.807, 2.05) is 0 Å². The zero-order valence-electron chi connectivity index (χ0n) is 10.1. The van der Waals surface area contributed by atoms with Crippen LogP contribution < -0.4 is 0 Å². The van der Waals surface area contributed by atoms with Crippen molar-refractivity contribution in [3.63, 3.8) is 0 Å². The van der Waals surface area contributed by atoms with Gasteiger partial charge in [-0.1, -0.05) is 6.07 Å². The van der Waals surface area contributed by atoms with Gasteiger partial charge >= 0.3 is 0 Å². The Morgan fingerprint density at radius 3 is 2.89 bits per heavy atom. The molecule has 19 heavy (non-hydrogen) atoms. The average molecular weight is 284 g/mol. The van der Waals surface area contributed by atoms with E-state index in [0.717, 1.165) is 10.4 Å². The summed E-state index contributed by atoms with van der Waals surface area (Å²) in [4.78, 5) is -0.338. The fraction of sp³-hybridized carbons (Fsp3) is 0.417. The maximum Gasteiger partial charge on any atom is 0.244 e. The molecule has 1 heterocycles. The van der Waals surface area contributed by atoms with Gasteiger partial charge in [0.2, 0.25) is 10.0 Å². The lowest BCUT2D eigenvalue weighted by Gasteiger charge is -2.22. The summed E-state index contributed by atoms with van der Waals surface area (Å²) in [7, 11) is -3.95. The SMILES string of the molecule is N#Cc1c(F)cccc1S(=O)(=O)N1CCC[C@H]1CO. The van der Waals surface area contributed by atoms with Crippen LogP contribution in [0.2, 0.25) is 0 Å². The van der Waals surface area contributed by atoms with Crippen LogP contribution in [0.1, 0.15) is 18.4 Å². The van der Waals surface area contributed by atoms with Gasteiger partial charge in [-0.05, 0) is 25.0 Å². The van der Waals surface area contributed by atoms with Crippen LogP contribution in [0, 0.1) is 17.1 Å². The summed E-state index contributed by atoms with van der Waals surface area (Å²) in [5.41, 5.74) is -0.480. The van der Waals surface area contributed by atoms with Crippen LogP contribution in [0.5, 0.6) is 0 Å². The van der Waals surface area contributed by atoms with Crippen LogP contribution in [0.25, 0.3) is 0 Å². The van der Waals surface area contributed by atoms with Crippen LogP contribution in [-0.4, -0.2) is 37.0 Å². The fourth-order valence-electron chi connectivity index (χ4n) is 2.26. The predicted molar refractivity (Wildman–Crippen MR) is 65.1 cm³/mol. The topological polar surface area (TPSA) is 81.4 Å². The quantitative estimate of drug-likeness (QED) is 0.892. The van der Waals surface area contributed by atoms with Gasteiger partial charge in [0.25, 0.3) is 0 Å². The molecule has 0 aliphatic carbocycles. The van der Waals surface area contributed by atoms with Gasteiger partial charge < -0.3 is 5.11 Å². The van der Waals surface area contributed by atoms with E-state index in [2.05, 4.69) is 0 Å². The molecule has 102 valence electrons. The summed E-state index contributed by atoms with van der Waals surface area (Å²) in [6.45, 7) is -0.00856. The highest BCUT2D eigenvalue weighted by molar-refractivity contribution is 7.89. The predicted octanol–water partition coefficient (Wildman–Crippen LogP) is 0.843. The van der Waals surface area contributed by atoms with Crippen molar-refractivity contribution in [2.45, 2.75) is 23.8 Å². The molecule has 2 rings (SSSR count). The number of hydrogen-bond acceptors (Lipinski definition) is 4. The lowest BCUT2D eigenvalue weighted by molar-refractivity contribution is 0.213. The second kappa shape index (κ2) is 5.25. The van der Waals surface area contributed by atoms with Crippen molar-refractivity contribution in [1.29, 1.82) is 5.26 Å². The molecule has 7 heteroatoms. The standard InChI is InChI=1S/C12H13FN2O3S/c13-11-4-1-5-12(10(11)7-14)19(17,18)15-6-2-3-9(15)8-16/h1,4-5,9,16H,2-3,6,8H2/t9-/m0/s1. The molecule has 0 aromatic heterocycles. The molecule has 0 unspecified atom stereocenters. The molecular weight excluding hydrogens is 271 g/mol. The van der Waals surface area contributed by atoms with E-state index in [1.54, 1.807) is 6.07 Å². The van der Waals surface area contributed by atoms with Gasteiger partial charge in [-0.15, -0.1) is 0 Å². The Labute approximate surface area is 110 Å². The number of nitriles is 1. The Morgan fingerprint density at radius 2 is 2.26 bits per heavy atom. The highest BCUT2D eigenvalue weighted by Gasteiger charge is 2.36. The summed E-state index contributed by atoms with van der Waals surface area (Å²) in [5, 5.41) is 18.1. The molecule has 0 bridgehead atoms. The van der Waals surface area contributed by atoms with Crippen LogP contribution in [-0.2, 0) is 10.0 Å². The minimum absolute atomic E-state index is 0.273. The van der Waals surface area contributed by atoms with Crippen LogP contribution in [0.15, 0.2) is 23.1 Å². The number of rotatable bonds is 3. The first-order chi connectivity index (χ1) is 9.02. The van der Waals surface area contributed by atoms with Crippen LogP contribution >= 0.6 is 0 Å². The number of nitrogens with zero attached hydrogens (tertiary/aromatic N) is 2. The summed E-state index contributed by atoms with van der Waals surface area (Å²) in [6, 6.07) is 4.60. The average Bonchev–Trinajstić information content (AvgIpc) is 2.87. The molecule has 1 aliphatic heterocycles. The molecule has 1 saturated heterocycles. The van der Waals surface area contributed by atoms with E-state index in [0.29, 0.717) is 12.8 Å². The van der Waals surface area contributed by atoms with Gasteiger partial charge in [-0.25, -0.2) is 12.8 Å². The summed E-state index contributed by atoms with van der Waals surface area (Å²) in [6.07, 6.45) is 1.20. The van der Waals surface area contributed by atoms with Crippen molar-refractivity contribution in [2.24, 2.45) is 0 Å². The van der Waals surface area contributed by atoms with Crippen molar-refractivity contribution in [2.75, 3.05) is 13.2 Å². The Bertz CT molecular complexity index is 624. The number of aliphatic hydroxyl groups excluding tert-OH is 1. The number of benzene rings is 1. The second-order valence-corrected chi connectivity index (χ2v) is 6.18. The smallest absolute Gasteiger partial charge is 0.244 e.